The number of rotatable bonds is 7. The Morgan fingerprint density at radius 2 is 2.00 bits per heavy atom. The Morgan fingerprint density at radius 3 is 2.81 bits per heavy atom. The van der Waals surface area contributed by atoms with Crippen LogP contribution in [0.1, 0.15) is 66.9 Å². The lowest BCUT2D eigenvalue weighted by atomic mass is 9.89. The lowest BCUT2D eigenvalue weighted by Gasteiger charge is -2.30. The van der Waals surface area contributed by atoms with Crippen LogP contribution in [0.2, 0.25) is 0 Å². The number of likely N-dealkylation sites (tertiary alicyclic amines) is 1. The number of aromatic nitrogens is 2. The molecule has 2 aliphatic carbocycles. The maximum atomic E-state index is 5.38. The van der Waals surface area contributed by atoms with Gasteiger partial charge in [0.25, 0.3) is 0 Å². The standard InChI is InChI=1S/C37H42N6/c1-5-7-20-38-23-35-39-34(25-43(35)6-2)29-15-13-27(14-16-29)11-12-28-9-8-10-31-30(22-28)17-18-33-36(31)41-37(40-33)32-24-42(4)21-19-26(32)3/h1,9-10,13-16,22,32,35,38H,3,6-8,17-21,23-25H2,2,4H3,(H,40,41). The van der Waals surface area contributed by atoms with Gasteiger partial charge in [-0.05, 0) is 68.6 Å². The molecule has 6 nitrogen and oxygen atoms in total. The van der Waals surface area contributed by atoms with Crippen molar-refractivity contribution in [3.8, 4) is 24.2 Å². The van der Waals surface area contributed by atoms with Crippen LogP contribution < -0.4 is 5.32 Å². The average molecular weight is 571 g/mol. The Balaban J connectivity index is 1.13. The molecule has 2 N–H and O–H groups in total. The first-order chi connectivity index (χ1) is 21.0. The highest BCUT2D eigenvalue weighted by Crippen LogP contribution is 2.38. The highest BCUT2D eigenvalue weighted by Gasteiger charge is 2.29. The van der Waals surface area contributed by atoms with Gasteiger partial charge in [-0.25, -0.2) is 4.98 Å². The van der Waals surface area contributed by atoms with Crippen LogP contribution in [0, 0.1) is 24.2 Å². The molecule has 0 spiro atoms. The fraction of sp³-hybridized carbons (Fsp3) is 0.405. The number of fused-ring (bicyclic) bond motifs is 3. The van der Waals surface area contributed by atoms with Gasteiger partial charge < -0.3 is 15.2 Å². The van der Waals surface area contributed by atoms with Crippen molar-refractivity contribution in [1.82, 2.24) is 25.1 Å². The molecular formula is C37H42N6. The number of piperidine rings is 1. The van der Waals surface area contributed by atoms with Crippen LogP contribution in [-0.2, 0) is 6.42 Å². The zero-order valence-corrected chi connectivity index (χ0v) is 25.5. The number of aromatic amines is 1. The molecule has 6 heteroatoms. The minimum absolute atomic E-state index is 0.156. The predicted octanol–water partition coefficient (Wildman–Crippen LogP) is 5.09. The number of hydrogen-bond donors (Lipinski definition) is 2. The van der Waals surface area contributed by atoms with E-state index in [1.54, 1.807) is 0 Å². The van der Waals surface area contributed by atoms with Gasteiger partial charge >= 0.3 is 0 Å². The third kappa shape index (κ3) is 6.53. The summed E-state index contributed by atoms with van der Waals surface area (Å²) in [6.07, 6.45) is 17.0. The lowest BCUT2D eigenvalue weighted by molar-refractivity contribution is 0.257. The van der Waals surface area contributed by atoms with E-state index in [-0.39, 0.29) is 12.1 Å². The molecule has 1 aromatic heterocycles. The smallest absolute Gasteiger partial charge is 0.115 e. The number of nitrogens with zero attached hydrogens (tertiary/aromatic N) is 4. The lowest BCUT2D eigenvalue weighted by Crippen LogP contribution is -2.38. The predicted molar refractivity (Wildman–Crippen MR) is 177 cm³/mol. The summed E-state index contributed by atoms with van der Waals surface area (Å²) in [7, 11) is 2.18. The molecule has 1 aromatic carbocycles. The molecule has 0 radical (unpaired) electrons. The van der Waals surface area contributed by atoms with Gasteiger partial charge in [-0.3, -0.25) is 9.89 Å². The largest absolute Gasteiger partial charge is 0.345 e. The molecule has 0 saturated carbocycles. The van der Waals surface area contributed by atoms with Gasteiger partial charge in [-0.1, -0.05) is 55.2 Å². The quantitative estimate of drug-likeness (QED) is 0.277. The van der Waals surface area contributed by atoms with Gasteiger partial charge in [-0.15, -0.1) is 12.3 Å². The van der Waals surface area contributed by atoms with E-state index in [2.05, 4.69) is 101 Å². The molecule has 0 amide bonds. The molecule has 1 fully saturated rings. The number of H-pyrrole nitrogens is 1. The third-order valence-electron chi connectivity index (χ3n) is 8.99. The number of likely N-dealkylation sites (N-methyl/N-ethyl adjacent to an activating group) is 2. The SMILES string of the molecule is C#CCCNCC1N=C(c2ccc(C#CC3=CCC=C4C(=C3)CCc3[nH]c(C5CN(C)CCC5=C)nc34)cc2)CN1CC. The first kappa shape index (κ1) is 29.1. The summed E-state index contributed by atoms with van der Waals surface area (Å²) >= 11 is 0. The first-order valence-electron chi connectivity index (χ1n) is 15.7. The van der Waals surface area contributed by atoms with E-state index in [0.717, 1.165) is 99.7 Å². The van der Waals surface area contributed by atoms with Gasteiger partial charge in [0.1, 0.15) is 12.0 Å². The number of aryl methyl sites for hydroxylation is 1. The van der Waals surface area contributed by atoms with E-state index < -0.39 is 0 Å². The summed E-state index contributed by atoms with van der Waals surface area (Å²) < 4.78 is 0. The van der Waals surface area contributed by atoms with Crippen LogP contribution in [0.4, 0.5) is 0 Å². The zero-order valence-electron chi connectivity index (χ0n) is 25.5. The molecular weight excluding hydrogens is 528 g/mol. The molecule has 0 bridgehead atoms. The Labute approximate surface area is 256 Å². The molecule has 2 aromatic rings. The summed E-state index contributed by atoms with van der Waals surface area (Å²) in [4.78, 5) is 18.6. The van der Waals surface area contributed by atoms with Crippen molar-refractivity contribution < 1.29 is 0 Å². The molecule has 3 heterocycles. The number of hydrogen-bond acceptors (Lipinski definition) is 5. The van der Waals surface area contributed by atoms with E-state index in [1.165, 1.54) is 28.0 Å². The molecule has 4 aliphatic rings. The summed E-state index contributed by atoms with van der Waals surface area (Å²) in [5.74, 6) is 10.9. The van der Waals surface area contributed by atoms with Crippen LogP contribution >= 0.6 is 0 Å². The van der Waals surface area contributed by atoms with Crippen LogP contribution in [-0.4, -0.2) is 78.0 Å². The summed E-state index contributed by atoms with van der Waals surface area (Å²) in [6.45, 7) is 12.1. The van der Waals surface area contributed by atoms with Crippen molar-refractivity contribution in [3.05, 3.63) is 94.1 Å². The molecule has 2 aliphatic heterocycles. The van der Waals surface area contributed by atoms with Gasteiger partial charge in [0.05, 0.1) is 17.3 Å². The van der Waals surface area contributed by atoms with Crippen molar-refractivity contribution in [1.29, 1.82) is 0 Å². The van der Waals surface area contributed by atoms with E-state index >= 15 is 0 Å². The Bertz CT molecular complexity index is 1600. The summed E-state index contributed by atoms with van der Waals surface area (Å²) in [5, 5.41) is 3.43. The van der Waals surface area contributed by atoms with E-state index in [9.17, 15) is 0 Å². The fourth-order valence-electron chi connectivity index (χ4n) is 6.43. The van der Waals surface area contributed by atoms with Crippen molar-refractivity contribution in [2.45, 2.75) is 51.1 Å². The van der Waals surface area contributed by atoms with Crippen LogP contribution in [0.25, 0.3) is 5.57 Å². The zero-order chi connectivity index (χ0) is 29.8. The average Bonchev–Trinajstić information content (AvgIpc) is 3.58. The molecule has 1 saturated heterocycles. The highest BCUT2D eigenvalue weighted by atomic mass is 15.3. The minimum Gasteiger partial charge on any atom is -0.345 e. The second kappa shape index (κ2) is 13.1. The Kier molecular flexibility index (Phi) is 8.91. The normalized spacial score (nSPS) is 22.2. The van der Waals surface area contributed by atoms with E-state index in [1.807, 2.05) is 0 Å². The van der Waals surface area contributed by atoms with E-state index in [4.69, 9.17) is 16.4 Å². The van der Waals surface area contributed by atoms with Crippen molar-refractivity contribution in [2.75, 3.05) is 46.3 Å². The second-order valence-electron chi connectivity index (χ2n) is 12.0. The Morgan fingerprint density at radius 1 is 1.14 bits per heavy atom. The molecule has 2 atom stereocenters. The van der Waals surface area contributed by atoms with Gasteiger partial charge in [0, 0.05) is 61.5 Å². The van der Waals surface area contributed by atoms with Crippen molar-refractivity contribution >= 4 is 11.3 Å². The fourth-order valence-corrected chi connectivity index (χ4v) is 6.43. The summed E-state index contributed by atoms with van der Waals surface area (Å²) in [6, 6.07) is 8.53. The van der Waals surface area contributed by atoms with Crippen LogP contribution in [0.5, 0.6) is 0 Å². The second-order valence-corrected chi connectivity index (χ2v) is 12.0. The maximum absolute atomic E-state index is 5.38. The number of terminal acetylenes is 1. The number of imidazole rings is 1. The monoisotopic (exact) mass is 570 g/mol. The first-order valence-corrected chi connectivity index (χ1v) is 15.7. The number of aliphatic imine (C=N–C) groups is 1. The van der Waals surface area contributed by atoms with Crippen LogP contribution in [0.3, 0.4) is 0 Å². The van der Waals surface area contributed by atoms with Crippen LogP contribution in [0.15, 0.2) is 70.8 Å². The molecule has 2 unspecified atom stereocenters. The highest BCUT2D eigenvalue weighted by molar-refractivity contribution is 6.03. The van der Waals surface area contributed by atoms with Crippen molar-refractivity contribution in [2.24, 2.45) is 4.99 Å². The van der Waals surface area contributed by atoms with Gasteiger partial charge in [0.15, 0.2) is 0 Å². The van der Waals surface area contributed by atoms with Gasteiger partial charge in [-0.2, -0.15) is 0 Å². The van der Waals surface area contributed by atoms with E-state index in [0.29, 0.717) is 0 Å². The van der Waals surface area contributed by atoms with Crippen molar-refractivity contribution in [3.63, 3.8) is 0 Å². The maximum Gasteiger partial charge on any atom is 0.115 e. The summed E-state index contributed by atoms with van der Waals surface area (Å²) in [5.41, 5.74) is 10.7. The minimum atomic E-state index is 0.156. The molecule has 6 rings (SSSR count). The topological polar surface area (TPSA) is 59.6 Å². The molecule has 220 valence electrons. The van der Waals surface area contributed by atoms with Gasteiger partial charge in [0.2, 0.25) is 0 Å². The molecule has 43 heavy (non-hydrogen) atoms. The third-order valence-corrected chi connectivity index (χ3v) is 8.99. The Hall–Kier alpha value is -3.94. The number of nitrogens with one attached hydrogen (secondary N) is 2. The number of allylic oxidation sites excluding steroid dienone is 6. The number of benzene rings is 1.